The molecule has 2 N–H and O–H groups in total. The summed E-state index contributed by atoms with van der Waals surface area (Å²) >= 11 is 0. The van der Waals surface area contributed by atoms with E-state index in [2.05, 4.69) is 0 Å². The normalized spacial score (nSPS) is 11.2. The van der Waals surface area contributed by atoms with Crippen molar-refractivity contribution in [3.63, 3.8) is 0 Å². The monoisotopic (exact) mass is 227 g/mol. The predicted molar refractivity (Wildman–Crippen MR) is 58.3 cm³/mol. The van der Waals surface area contributed by atoms with Gasteiger partial charge in [-0.1, -0.05) is 0 Å². The first kappa shape index (κ1) is 12.3. The molecular weight excluding hydrogens is 213 g/mol. The number of benzene rings is 1. The zero-order valence-corrected chi connectivity index (χ0v) is 9.36. The van der Waals surface area contributed by atoms with Gasteiger partial charge >= 0.3 is 6.09 Å². The van der Waals surface area contributed by atoms with Crippen LogP contribution in [0.5, 0.6) is 5.75 Å². The largest absolute Gasteiger partial charge is 0.506 e. The fraction of sp³-hybridized carbons (Fsp3) is 0.364. The molecule has 0 heterocycles. The zero-order valence-electron chi connectivity index (χ0n) is 9.36. The van der Waals surface area contributed by atoms with Crippen molar-refractivity contribution in [2.24, 2.45) is 0 Å². The minimum absolute atomic E-state index is 0.0707. The van der Waals surface area contributed by atoms with Crippen LogP contribution in [0.3, 0.4) is 0 Å². The molecule has 1 amide bonds. The third-order valence-corrected chi connectivity index (χ3v) is 2.04. The lowest BCUT2D eigenvalue weighted by atomic mass is 10.1. The van der Waals surface area contributed by atoms with Crippen molar-refractivity contribution in [1.29, 1.82) is 0 Å². The first-order chi connectivity index (χ1) is 7.23. The van der Waals surface area contributed by atoms with Crippen molar-refractivity contribution >= 4 is 11.8 Å². The number of carboxylic acid groups (broad SMARTS) is 1. The first-order valence-electron chi connectivity index (χ1n) is 4.75. The molecule has 5 heteroatoms. The number of rotatable bonds is 1. The number of hydrogen-bond acceptors (Lipinski definition) is 2. The Hall–Kier alpha value is -1.78. The highest BCUT2D eigenvalue weighted by Crippen LogP contribution is 2.32. The van der Waals surface area contributed by atoms with Crippen LogP contribution in [0.1, 0.15) is 20.8 Å². The molecule has 0 fully saturated rings. The molecule has 0 unspecified atom stereocenters. The Balaban J connectivity index is 3.28. The number of nitrogens with zero attached hydrogens (tertiary/aromatic N) is 1. The van der Waals surface area contributed by atoms with Crippen LogP contribution in [-0.2, 0) is 0 Å². The van der Waals surface area contributed by atoms with Crippen molar-refractivity contribution in [2.75, 3.05) is 4.90 Å². The fourth-order valence-electron chi connectivity index (χ4n) is 1.44. The summed E-state index contributed by atoms with van der Waals surface area (Å²) in [4.78, 5) is 12.1. The maximum absolute atomic E-state index is 12.8. The molecule has 16 heavy (non-hydrogen) atoms. The van der Waals surface area contributed by atoms with Crippen LogP contribution in [0.25, 0.3) is 0 Å². The Morgan fingerprint density at radius 3 is 2.31 bits per heavy atom. The van der Waals surface area contributed by atoms with Crippen LogP contribution in [0.15, 0.2) is 18.2 Å². The molecular formula is C11H14FNO3. The lowest BCUT2D eigenvalue weighted by molar-refractivity contribution is 0.195. The summed E-state index contributed by atoms with van der Waals surface area (Å²) in [7, 11) is 0. The topological polar surface area (TPSA) is 60.8 Å². The number of phenols is 1. The number of hydrogen-bond donors (Lipinski definition) is 2. The number of carbonyl (C=O) groups is 1. The van der Waals surface area contributed by atoms with Crippen LogP contribution in [0.4, 0.5) is 14.9 Å². The highest BCUT2D eigenvalue weighted by Gasteiger charge is 2.29. The second-order valence-corrected chi connectivity index (χ2v) is 4.42. The molecule has 1 rings (SSSR count). The minimum Gasteiger partial charge on any atom is -0.506 e. The second-order valence-electron chi connectivity index (χ2n) is 4.42. The summed E-state index contributed by atoms with van der Waals surface area (Å²) in [5.41, 5.74) is -0.650. The lowest BCUT2D eigenvalue weighted by Gasteiger charge is -2.33. The van der Waals surface area contributed by atoms with Crippen molar-refractivity contribution in [2.45, 2.75) is 26.3 Å². The van der Waals surface area contributed by atoms with Crippen LogP contribution < -0.4 is 4.90 Å². The van der Waals surface area contributed by atoms with E-state index in [4.69, 9.17) is 5.11 Å². The van der Waals surface area contributed by atoms with Crippen LogP contribution in [0, 0.1) is 5.82 Å². The lowest BCUT2D eigenvalue weighted by Crippen LogP contribution is -2.45. The van der Waals surface area contributed by atoms with Gasteiger partial charge in [0.05, 0.1) is 5.69 Å². The van der Waals surface area contributed by atoms with E-state index in [9.17, 15) is 14.3 Å². The van der Waals surface area contributed by atoms with Crippen molar-refractivity contribution in [3.05, 3.63) is 24.0 Å². The van der Waals surface area contributed by atoms with E-state index >= 15 is 0 Å². The quantitative estimate of drug-likeness (QED) is 0.775. The van der Waals surface area contributed by atoms with Gasteiger partial charge in [-0.05, 0) is 32.9 Å². The molecule has 0 aliphatic rings. The molecule has 4 nitrogen and oxygen atoms in total. The van der Waals surface area contributed by atoms with E-state index in [-0.39, 0.29) is 5.69 Å². The van der Waals surface area contributed by atoms with Gasteiger partial charge in [0.25, 0.3) is 0 Å². The fourth-order valence-corrected chi connectivity index (χ4v) is 1.44. The Morgan fingerprint density at radius 2 is 1.94 bits per heavy atom. The van der Waals surface area contributed by atoms with Gasteiger partial charge < -0.3 is 10.2 Å². The Kier molecular flexibility index (Phi) is 3.07. The maximum Gasteiger partial charge on any atom is 0.412 e. The summed E-state index contributed by atoms with van der Waals surface area (Å²) in [6.45, 7) is 5.05. The molecule has 0 saturated carbocycles. The summed E-state index contributed by atoms with van der Waals surface area (Å²) in [5, 5.41) is 18.6. The van der Waals surface area contributed by atoms with Gasteiger partial charge in [0, 0.05) is 11.6 Å². The van der Waals surface area contributed by atoms with E-state index in [0.717, 1.165) is 17.0 Å². The summed E-state index contributed by atoms with van der Waals surface area (Å²) in [6, 6.07) is 3.23. The molecule has 0 radical (unpaired) electrons. The average Bonchev–Trinajstić information content (AvgIpc) is 2.06. The van der Waals surface area contributed by atoms with Crippen molar-refractivity contribution in [1.82, 2.24) is 0 Å². The molecule has 0 aliphatic carbocycles. The summed E-state index contributed by atoms with van der Waals surface area (Å²) in [6.07, 6.45) is -1.20. The highest BCUT2D eigenvalue weighted by atomic mass is 19.1. The van der Waals surface area contributed by atoms with Gasteiger partial charge in [-0.3, -0.25) is 4.90 Å². The molecule has 0 bridgehead atoms. The van der Waals surface area contributed by atoms with Crippen LogP contribution in [0.2, 0.25) is 0 Å². The van der Waals surface area contributed by atoms with Crippen LogP contribution >= 0.6 is 0 Å². The van der Waals surface area contributed by atoms with E-state index in [1.54, 1.807) is 20.8 Å². The maximum atomic E-state index is 12.8. The third kappa shape index (κ3) is 2.42. The summed E-state index contributed by atoms with van der Waals surface area (Å²) in [5.74, 6) is -1.00. The van der Waals surface area contributed by atoms with Gasteiger partial charge in [0.1, 0.15) is 11.6 Å². The molecule has 1 aromatic rings. The number of aromatic hydroxyl groups is 1. The van der Waals surface area contributed by atoms with Gasteiger partial charge in [-0.15, -0.1) is 0 Å². The number of halogens is 1. The predicted octanol–water partition coefficient (Wildman–Crippen LogP) is 2.81. The molecule has 0 atom stereocenters. The highest BCUT2D eigenvalue weighted by molar-refractivity contribution is 5.89. The Labute approximate surface area is 92.9 Å². The number of amides is 1. The van der Waals surface area contributed by atoms with E-state index in [1.165, 1.54) is 6.07 Å². The molecule has 0 aromatic heterocycles. The van der Waals surface area contributed by atoms with Crippen molar-refractivity contribution in [3.8, 4) is 5.75 Å². The van der Waals surface area contributed by atoms with Gasteiger partial charge in [-0.25, -0.2) is 9.18 Å². The Bertz CT molecular complexity index is 412. The summed E-state index contributed by atoms with van der Waals surface area (Å²) < 4.78 is 12.8. The smallest absolute Gasteiger partial charge is 0.412 e. The Morgan fingerprint density at radius 1 is 1.38 bits per heavy atom. The van der Waals surface area contributed by atoms with E-state index < -0.39 is 23.2 Å². The molecule has 0 spiro atoms. The zero-order chi connectivity index (χ0) is 12.5. The van der Waals surface area contributed by atoms with Gasteiger partial charge in [-0.2, -0.15) is 0 Å². The first-order valence-corrected chi connectivity index (χ1v) is 4.75. The minimum atomic E-state index is -1.20. The van der Waals surface area contributed by atoms with Crippen molar-refractivity contribution < 1.29 is 19.4 Å². The molecule has 1 aromatic carbocycles. The van der Waals surface area contributed by atoms with E-state index in [0.29, 0.717) is 0 Å². The van der Waals surface area contributed by atoms with Gasteiger partial charge in [0.2, 0.25) is 0 Å². The van der Waals surface area contributed by atoms with Gasteiger partial charge in [0.15, 0.2) is 0 Å². The average molecular weight is 227 g/mol. The molecule has 0 aliphatic heterocycles. The molecule has 0 saturated heterocycles. The molecule has 88 valence electrons. The standard InChI is InChI=1S/C11H14FNO3/c1-11(2,3)13(10(15)16)8-5-4-7(12)6-9(8)14/h4-6,14H,1-3H3,(H,15,16). The third-order valence-electron chi connectivity index (χ3n) is 2.04. The SMILES string of the molecule is CC(C)(C)N(C(=O)O)c1ccc(F)cc1O. The van der Waals surface area contributed by atoms with Crippen LogP contribution in [-0.4, -0.2) is 21.8 Å². The number of anilines is 1. The number of phenolic OH excluding ortho intramolecular Hbond substituents is 1. The van der Waals surface area contributed by atoms with E-state index in [1.807, 2.05) is 0 Å². The second kappa shape index (κ2) is 4.00.